The van der Waals surface area contributed by atoms with Crippen LogP contribution in [0.25, 0.3) is 0 Å². The van der Waals surface area contributed by atoms with Gasteiger partial charge < -0.3 is 15.8 Å². The average Bonchev–Trinajstić information content (AvgIpc) is 2.68. The van der Waals surface area contributed by atoms with Crippen LogP contribution in [0.1, 0.15) is 37.7 Å². The molecule has 6 heteroatoms. The van der Waals surface area contributed by atoms with E-state index in [0.717, 1.165) is 18.6 Å². The Hall–Kier alpha value is -1.83. The van der Waals surface area contributed by atoms with Crippen LogP contribution in [-0.2, 0) is 5.41 Å². The summed E-state index contributed by atoms with van der Waals surface area (Å²) >= 11 is 0. The minimum atomic E-state index is 0. The van der Waals surface area contributed by atoms with Crippen molar-refractivity contribution < 1.29 is 4.74 Å². The molecule has 1 aromatic heterocycles. The van der Waals surface area contributed by atoms with E-state index in [4.69, 9.17) is 10.5 Å². The van der Waals surface area contributed by atoms with Gasteiger partial charge in [-0.25, -0.2) is 4.98 Å². The van der Waals surface area contributed by atoms with E-state index in [1.165, 1.54) is 24.8 Å². The molecule has 0 aliphatic heterocycles. The van der Waals surface area contributed by atoms with Crippen LogP contribution < -0.4 is 15.8 Å². The maximum absolute atomic E-state index is 6.08. The highest BCUT2D eigenvalue weighted by molar-refractivity contribution is 14.0. The van der Waals surface area contributed by atoms with Crippen molar-refractivity contribution in [1.82, 2.24) is 4.98 Å². The number of aromatic nitrogens is 1. The van der Waals surface area contributed by atoms with Crippen molar-refractivity contribution in [3.8, 4) is 5.75 Å². The molecule has 0 atom stereocenters. The predicted octanol–water partition coefficient (Wildman–Crippen LogP) is 4.34. The van der Waals surface area contributed by atoms with E-state index < -0.39 is 0 Å². The highest BCUT2D eigenvalue weighted by Gasteiger charge is 2.33. The normalized spacial score (nSPS) is 16.4. The van der Waals surface area contributed by atoms with E-state index in [-0.39, 0.29) is 29.4 Å². The van der Waals surface area contributed by atoms with Crippen LogP contribution in [0.2, 0.25) is 0 Å². The second-order valence-corrected chi connectivity index (χ2v) is 6.61. The zero-order valence-electron chi connectivity index (χ0n) is 15.1. The molecule has 0 spiro atoms. The minimum Gasteiger partial charge on any atom is -0.497 e. The monoisotopic (exact) mass is 466 g/mol. The number of hydrogen-bond acceptors (Lipinski definition) is 3. The van der Waals surface area contributed by atoms with Crippen LogP contribution in [-0.4, -0.2) is 24.6 Å². The van der Waals surface area contributed by atoms with E-state index in [9.17, 15) is 0 Å². The summed E-state index contributed by atoms with van der Waals surface area (Å²) in [4.78, 5) is 8.87. The van der Waals surface area contributed by atoms with E-state index in [2.05, 4.69) is 27.4 Å². The Bertz CT molecular complexity index is 698. The number of ether oxygens (including phenoxy) is 1. The number of halogens is 1. The van der Waals surface area contributed by atoms with Gasteiger partial charge in [0.05, 0.1) is 13.7 Å². The molecule has 0 saturated heterocycles. The number of aliphatic imine (C=N–C) groups is 1. The molecular formula is C20H27IN4O. The molecule has 0 radical (unpaired) electrons. The summed E-state index contributed by atoms with van der Waals surface area (Å²) in [5, 5.41) is 3.07. The lowest BCUT2D eigenvalue weighted by molar-refractivity contribution is 0.301. The molecular weight excluding hydrogens is 439 g/mol. The van der Waals surface area contributed by atoms with E-state index in [0.29, 0.717) is 18.3 Å². The van der Waals surface area contributed by atoms with Gasteiger partial charge in [-0.15, -0.1) is 24.0 Å². The van der Waals surface area contributed by atoms with Gasteiger partial charge in [0.15, 0.2) is 5.96 Å². The van der Waals surface area contributed by atoms with Crippen molar-refractivity contribution in [3.63, 3.8) is 0 Å². The standard InChI is InChI=1S/C20H26N4O.HI/c1-25-17-10-8-16(9-11-17)20(12-4-2-5-13-20)15-23-19(21)24-18-7-3-6-14-22-18;/h3,6-11,14H,2,4-5,12-13,15H2,1H3,(H3,21,22,23,24);1H. The number of rotatable bonds is 5. The van der Waals surface area contributed by atoms with E-state index in [1.54, 1.807) is 13.3 Å². The summed E-state index contributed by atoms with van der Waals surface area (Å²) in [6.07, 6.45) is 7.77. The van der Waals surface area contributed by atoms with Crippen molar-refractivity contribution in [2.24, 2.45) is 10.7 Å². The maximum Gasteiger partial charge on any atom is 0.194 e. The van der Waals surface area contributed by atoms with Gasteiger partial charge in [0, 0.05) is 11.6 Å². The Kier molecular flexibility index (Phi) is 7.68. The Labute approximate surface area is 172 Å². The Morgan fingerprint density at radius 3 is 2.50 bits per heavy atom. The zero-order chi connectivity index (χ0) is 17.5. The summed E-state index contributed by atoms with van der Waals surface area (Å²) in [7, 11) is 1.69. The first-order valence-electron chi connectivity index (χ1n) is 8.84. The smallest absolute Gasteiger partial charge is 0.194 e. The highest BCUT2D eigenvalue weighted by Crippen LogP contribution is 2.40. The van der Waals surface area contributed by atoms with Crippen molar-refractivity contribution in [1.29, 1.82) is 0 Å². The number of pyridine rings is 1. The summed E-state index contributed by atoms with van der Waals surface area (Å²) in [6, 6.07) is 14.1. The average molecular weight is 466 g/mol. The van der Waals surface area contributed by atoms with Crippen LogP contribution in [0.3, 0.4) is 0 Å². The molecule has 0 amide bonds. The zero-order valence-corrected chi connectivity index (χ0v) is 17.5. The van der Waals surface area contributed by atoms with Crippen molar-refractivity contribution >= 4 is 35.8 Å². The van der Waals surface area contributed by atoms with Crippen LogP contribution in [0.5, 0.6) is 5.75 Å². The third-order valence-electron chi connectivity index (χ3n) is 4.99. The Morgan fingerprint density at radius 2 is 1.88 bits per heavy atom. The highest BCUT2D eigenvalue weighted by atomic mass is 127. The van der Waals surface area contributed by atoms with Gasteiger partial charge in [0.25, 0.3) is 0 Å². The number of benzene rings is 1. The second kappa shape index (κ2) is 9.75. The van der Waals surface area contributed by atoms with Gasteiger partial charge in [-0.3, -0.25) is 4.99 Å². The summed E-state index contributed by atoms with van der Waals surface area (Å²) in [5.41, 5.74) is 7.46. The number of guanidine groups is 1. The van der Waals surface area contributed by atoms with Crippen molar-refractivity contribution in [2.75, 3.05) is 19.0 Å². The lowest BCUT2D eigenvalue weighted by Gasteiger charge is -2.36. The Balaban J connectivity index is 0.00000243. The van der Waals surface area contributed by atoms with E-state index >= 15 is 0 Å². The number of methoxy groups -OCH3 is 1. The van der Waals surface area contributed by atoms with Gasteiger partial charge >= 0.3 is 0 Å². The fraction of sp³-hybridized carbons (Fsp3) is 0.400. The molecule has 1 aromatic carbocycles. The van der Waals surface area contributed by atoms with Crippen LogP contribution in [0.4, 0.5) is 5.82 Å². The third-order valence-corrected chi connectivity index (χ3v) is 4.99. The van der Waals surface area contributed by atoms with E-state index in [1.807, 2.05) is 30.3 Å². The molecule has 0 bridgehead atoms. The molecule has 1 aliphatic rings. The lowest BCUT2D eigenvalue weighted by atomic mass is 9.69. The largest absolute Gasteiger partial charge is 0.497 e. The molecule has 5 nitrogen and oxygen atoms in total. The third kappa shape index (κ3) is 5.09. The number of hydrogen-bond donors (Lipinski definition) is 2. The van der Waals surface area contributed by atoms with Gasteiger partial charge in [-0.1, -0.05) is 37.5 Å². The molecule has 3 rings (SSSR count). The van der Waals surface area contributed by atoms with Gasteiger partial charge in [0.2, 0.25) is 0 Å². The first-order valence-corrected chi connectivity index (χ1v) is 8.84. The maximum atomic E-state index is 6.08. The molecule has 0 unspecified atom stereocenters. The first-order chi connectivity index (χ1) is 12.2. The quantitative estimate of drug-likeness (QED) is 0.391. The van der Waals surface area contributed by atoms with Crippen LogP contribution in [0, 0.1) is 0 Å². The molecule has 26 heavy (non-hydrogen) atoms. The summed E-state index contributed by atoms with van der Waals surface area (Å²) < 4.78 is 5.29. The fourth-order valence-electron chi connectivity index (χ4n) is 3.56. The predicted molar refractivity (Wildman–Crippen MR) is 118 cm³/mol. The fourth-order valence-corrected chi connectivity index (χ4v) is 3.56. The molecule has 1 heterocycles. The topological polar surface area (TPSA) is 72.5 Å². The SMILES string of the molecule is COc1ccc(C2(CN=C(N)Nc3ccccn3)CCCCC2)cc1.I. The van der Waals surface area contributed by atoms with Crippen LogP contribution >= 0.6 is 24.0 Å². The molecule has 1 saturated carbocycles. The van der Waals surface area contributed by atoms with Crippen molar-refractivity contribution in [3.05, 3.63) is 54.2 Å². The minimum absolute atomic E-state index is 0. The molecule has 1 aliphatic carbocycles. The first kappa shape index (κ1) is 20.5. The van der Waals surface area contributed by atoms with Gasteiger partial charge in [-0.2, -0.15) is 0 Å². The van der Waals surface area contributed by atoms with Crippen molar-refractivity contribution in [2.45, 2.75) is 37.5 Å². The lowest BCUT2D eigenvalue weighted by Crippen LogP contribution is -2.34. The molecule has 2 aromatic rings. The summed E-state index contributed by atoms with van der Waals surface area (Å²) in [6.45, 7) is 0.686. The van der Waals surface area contributed by atoms with Gasteiger partial charge in [-0.05, 0) is 42.7 Å². The number of nitrogens with one attached hydrogen (secondary N) is 1. The second-order valence-electron chi connectivity index (χ2n) is 6.61. The van der Waals surface area contributed by atoms with Crippen LogP contribution in [0.15, 0.2) is 53.7 Å². The number of nitrogens with two attached hydrogens (primary N) is 1. The molecule has 3 N–H and O–H groups in total. The molecule has 140 valence electrons. The molecule has 1 fully saturated rings. The number of nitrogens with zero attached hydrogens (tertiary/aromatic N) is 2. The van der Waals surface area contributed by atoms with Gasteiger partial charge in [0.1, 0.15) is 11.6 Å². The summed E-state index contributed by atoms with van der Waals surface area (Å²) in [5.74, 6) is 2.01. The number of anilines is 1. The Morgan fingerprint density at radius 1 is 1.15 bits per heavy atom.